The summed E-state index contributed by atoms with van der Waals surface area (Å²) in [5.74, 6) is 1.22. The second kappa shape index (κ2) is 9.62. The van der Waals surface area contributed by atoms with Gasteiger partial charge in [0.25, 0.3) is 5.91 Å². The summed E-state index contributed by atoms with van der Waals surface area (Å²) in [6, 6.07) is 18.1. The number of rotatable bonds is 8. The van der Waals surface area contributed by atoms with Gasteiger partial charge in [-0.2, -0.15) is 0 Å². The van der Waals surface area contributed by atoms with E-state index < -0.39 is 0 Å². The van der Waals surface area contributed by atoms with Crippen LogP contribution in [-0.4, -0.2) is 31.2 Å². The fraction of sp³-hybridized carbons (Fsp3) is 0.143. The number of pyridine rings is 1. The van der Waals surface area contributed by atoms with E-state index in [9.17, 15) is 4.79 Å². The molecule has 144 valence electrons. The molecule has 3 aromatic rings. The van der Waals surface area contributed by atoms with Crippen LogP contribution >= 0.6 is 11.6 Å². The number of nitrogens with one attached hydrogen (secondary N) is 2. The highest BCUT2D eigenvalue weighted by atomic mass is 35.5. The molecule has 1 heterocycles. The average Bonchev–Trinajstić information content (AvgIpc) is 2.72. The maximum atomic E-state index is 12.2. The molecule has 3 rings (SSSR count). The Bertz CT molecular complexity index is 915. The van der Waals surface area contributed by atoms with E-state index in [0.29, 0.717) is 29.6 Å². The molecule has 28 heavy (non-hydrogen) atoms. The lowest BCUT2D eigenvalue weighted by atomic mass is 10.3. The van der Waals surface area contributed by atoms with Crippen LogP contribution in [0.3, 0.4) is 0 Å². The Kier molecular flexibility index (Phi) is 6.70. The molecule has 0 radical (unpaired) electrons. The Morgan fingerprint density at radius 2 is 1.82 bits per heavy atom. The minimum Gasteiger partial charge on any atom is -0.497 e. The van der Waals surface area contributed by atoms with Gasteiger partial charge in [-0.1, -0.05) is 17.7 Å². The summed E-state index contributed by atoms with van der Waals surface area (Å²) >= 11 is 5.97. The molecule has 0 aliphatic rings. The van der Waals surface area contributed by atoms with Crippen LogP contribution in [0, 0.1) is 0 Å². The first-order chi connectivity index (χ1) is 13.6. The van der Waals surface area contributed by atoms with Gasteiger partial charge >= 0.3 is 0 Å². The fourth-order valence-electron chi connectivity index (χ4n) is 2.43. The molecule has 0 aliphatic carbocycles. The Morgan fingerprint density at radius 3 is 2.50 bits per heavy atom. The number of aromatic nitrogens is 1. The standard InChI is InChI=1S/C21H20ClN3O3/c1-27-18-6-8-19(9-7-18)28-12-11-23-21(26)20-10-5-17(14-24-20)25-16-4-2-3-15(22)13-16/h2-10,13-14,25H,11-12H2,1H3,(H,23,26). The van der Waals surface area contributed by atoms with E-state index in [1.165, 1.54) is 0 Å². The molecular formula is C21H20ClN3O3. The van der Waals surface area contributed by atoms with Crippen LogP contribution in [0.5, 0.6) is 11.5 Å². The number of anilines is 2. The number of carbonyl (C=O) groups excluding carboxylic acids is 1. The summed E-state index contributed by atoms with van der Waals surface area (Å²) in [4.78, 5) is 16.4. The van der Waals surface area contributed by atoms with Crippen LogP contribution in [0.1, 0.15) is 10.5 Å². The van der Waals surface area contributed by atoms with E-state index in [-0.39, 0.29) is 5.91 Å². The number of carbonyl (C=O) groups is 1. The van der Waals surface area contributed by atoms with Gasteiger partial charge in [0.05, 0.1) is 25.5 Å². The predicted octanol–water partition coefficient (Wildman–Crippen LogP) is 4.30. The Hall–Kier alpha value is -3.25. The molecule has 2 N–H and O–H groups in total. The largest absolute Gasteiger partial charge is 0.497 e. The number of hydrogen-bond donors (Lipinski definition) is 2. The van der Waals surface area contributed by atoms with Gasteiger partial charge in [-0.05, 0) is 54.6 Å². The van der Waals surface area contributed by atoms with Gasteiger partial charge in [0, 0.05) is 10.7 Å². The maximum absolute atomic E-state index is 12.2. The van der Waals surface area contributed by atoms with Crippen molar-refractivity contribution in [3.8, 4) is 11.5 Å². The molecule has 0 fully saturated rings. The first-order valence-electron chi connectivity index (χ1n) is 8.68. The Labute approximate surface area is 168 Å². The lowest BCUT2D eigenvalue weighted by Crippen LogP contribution is -2.28. The first kappa shape index (κ1) is 19.5. The normalized spacial score (nSPS) is 10.2. The van der Waals surface area contributed by atoms with Crippen molar-refractivity contribution in [2.45, 2.75) is 0 Å². The van der Waals surface area contributed by atoms with Crippen LogP contribution in [-0.2, 0) is 0 Å². The number of hydrogen-bond acceptors (Lipinski definition) is 5. The van der Waals surface area contributed by atoms with Gasteiger partial charge in [-0.25, -0.2) is 4.98 Å². The van der Waals surface area contributed by atoms with Gasteiger partial charge in [0.2, 0.25) is 0 Å². The second-order valence-corrected chi connectivity index (χ2v) is 6.28. The predicted molar refractivity (Wildman–Crippen MR) is 110 cm³/mol. The summed E-state index contributed by atoms with van der Waals surface area (Å²) in [7, 11) is 1.61. The van der Waals surface area contributed by atoms with Gasteiger partial charge in [0.1, 0.15) is 23.8 Å². The quantitative estimate of drug-likeness (QED) is 0.554. The van der Waals surface area contributed by atoms with E-state index >= 15 is 0 Å². The van der Waals surface area contributed by atoms with Crippen molar-refractivity contribution in [2.24, 2.45) is 0 Å². The van der Waals surface area contributed by atoms with Gasteiger partial charge in [-0.15, -0.1) is 0 Å². The van der Waals surface area contributed by atoms with E-state index in [2.05, 4.69) is 15.6 Å². The van der Waals surface area contributed by atoms with Crippen LogP contribution in [0.4, 0.5) is 11.4 Å². The van der Waals surface area contributed by atoms with Crippen molar-refractivity contribution in [2.75, 3.05) is 25.6 Å². The third-order valence-corrected chi connectivity index (χ3v) is 4.06. The topological polar surface area (TPSA) is 72.5 Å². The molecule has 2 aromatic carbocycles. The van der Waals surface area contributed by atoms with Crippen LogP contribution in [0.25, 0.3) is 0 Å². The van der Waals surface area contributed by atoms with E-state index in [4.69, 9.17) is 21.1 Å². The molecule has 0 aliphatic heterocycles. The molecule has 1 aromatic heterocycles. The number of amides is 1. The van der Waals surface area contributed by atoms with Crippen molar-refractivity contribution in [1.29, 1.82) is 0 Å². The third-order valence-electron chi connectivity index (χ3n) is 3.83. The lowest BCUT2D eigenvalue weighted by Gasteiger charge is -2.09. The summed E-state index contributed by atoms with van der Waals surface area (Å²) < 4.78 is 10.7. The van der Waals surface area contributed by atoms with Gasteiger partial charge < -0.3 is 20.1 Å². The van der Waals surface area contributed by atoms with Gasteiger partial charge in [0.15, 0.2) is 0 Å². The molecule has 0 atom stereocenters. The Balaban J connectivity index is 1.45. The lowest BCUT2D eigenvalue weighted by molar-refractivity contribution is 0.0942. The fourth-order valence-corrected chi connectivity index (χ4v) is 2.62. The number of methoxy groups -OCH3 is 1. The van der Waals surface area contributed by atoms with Crippen LogP contribution < -0.4 is 20.1 Å². The molecule has 0 bridgehead atoms. The zero-order valence-electron chi connectivity index (χ0n) is 15.3. The maximum Gasteiger partial charge on any atom is 0.269 e. The molecule has 1 amide bonds. The summed E-state index contributed by atoms with van der Waals surface area (Å²) in [5, 5.41) is 6.61. The highest BCUT2D eigenvalue weighted by molar-refractivity contribution is 6.30. The highest BCUT2D eigenvalue weighted by Crippen LogP contribution is 2.20. The zero-order valence-corrected chi connectivity index (χ0v) is 16.1. The van der Waals surface area contributed by atoms with E-state index in [0.717, 1.165) is 17.1 Å². The molecule has 0 unspecified atom stereocenters. The van der Waals surface area contributed by atoms with E-state index in [1.807, 2.05) is 42.5 Å². The van der Waals surface area contributed by atoms with Crippen LogP contribution in [0.15, 0.2) is 66.9 Å². The summed E-state index contributed by atoms with van der Waals surface area (Å²) in [6.45, 7) is 0.724. The number of halogens is 1. The monoisotopic (exact) mass is 397 g/mol. The van der Waals surface area contributed by atoms with Crippen molar-refractivity contribution in [1.82, 2.24) is 10.3 Å². The average molecular weight is 398 g/mol. The molecule has 7 heteroatoms. The molecule has 0 saturated heterocycles. The zero-order chi connectivity index (χ0) is 19.8. The third kappa shape index (κ3) is 5.62. The molecular weight excluding hydrogens is 378 g/mol. The van der Waals surface area contributed by atoms with Gasteiger partial charge in [-0.3, -0.25) is 4.79 Å². The van der Waals surface area contributed by atoms with Crippen molar-refractivity contribution < 1.29 is 14.3 Å². The highest BCUT2D eigenvalue weighted by Gasteiger charge is 2.07. The van der Waals surface area contributed by atoms with Crippen molar-refractivity contribution in [3.63, 3.8) is 0 Å². The minimum atomic E-state index is -0.257. The number of benzene rings is 2. The van der Waals surface area contributed by atoms with Crippen molar-refractivity contribution >= 4 is 28.9 Å². The molecule has 0 spiro atoms. The minimum absolute atomic E-state index is 0.257. The smallest absolute Gasteiger partial charge is 0.269 e. The van der Waals surface area contributed by atoms with E-state index in [1.54, 1.807) is 31.5 Å². The van der Waals surface area contributed by atoms with Crippen molar-refractivity contribution in [3.05, 3.63) is 77.6 Å². The Morgan fingerprint density at radius 1 is 1.04 bits per heavy atom. The van der Waals surface area contributed by atoms with Crippen LogP contribution in [0.2, 0.25) is 5.02 Å². The number of nitrogens with zero attached hydrogens (tertiary/aromatic N) is 1. The first-order valence-corrected chi connectivity index (χ1v) is 9.05. The summed E-state index contributed by atoms with van der Waals surface area (Å²) in [5.41, 5.74) is 1.95. The SMILES string of the molecule is COc1ccc(OCCNC(=O)c2ccc(Nc3cccc(Cl)c3)cn2)cc1. The number of ether oxygens (including phenoxy) is 2. The summed E-state index contributed by atoms with van der Waals surface area (Å²) in [6.07, 6.45) is 1.60. The molecule has 6 nitrogen and oxygen atoms in total. The second-order valence-electron chi connectivity index (χ2n) is 5.85. The molecule has 0 saturated carbocycles.